The molecule has 0 heterocycles. The quantitative estimate of drug-likeness (QED) is 0.823. The van der Waals surface area contributed by atoms with Gasteiger partial charge in [-0.2, -0.15) is 0 Å². The molecule has 1 aromatic carbocycles. The van der Waals surface area contributed by atoms with E-state index < -0.39 is 0 Å². The van der Waals surface area contributed by atoms with Crippen LogP contribution in [0.5, 0.6) is 5.75 Å². The third-order valence-electron chi connectivity index (χ3n) is 2.47. The molecule has 2 nitrogen and oxygen atoms in total. The fourth-order valence-corrected chi connectivity index (χ4v) is 1.56. The smallest absolute Gasteiger partial charge is 0.122 e. The Labute approximate surface area is 92.4 Å². The van der Waals surface area contributed by atoms with Crippen LogP contribution in [0, 0.1) is 6.92 Å². The van der Waals surface area contributed by atoms with Crippen LogP contribution in [-0.2, 0) is 6.42 Å². The second-order valence-corrected chi connectivity index (χ2v) is 4.80. The molecular formula is C13H21NO. The monoisotopic (exact) mass is 207 g/mol. The molecule has 0 spiro atoms. The van der Waals surface area contributed by atoms with E-state index in [1.807, 2.05) is 6.07 Å². The van der Waals surface area contributed by atoms with Gasteiger partial charge in [-0.1, -0.05) is 17.7 Å². The van der Waals surface area contributed by atoms with Crippen LogP contribution >= 0.6 is 0 Å². The molecule has 0 atom stereocenters. The number of hydrogen-bond acceptors (Lipinski definition) is 2. The van der Waals surface area contributed by atoms with Crippen LogP contribution in [0.3, 0.4) is 0 Å². The molecule has 0 aliphatic carbocycles. The van der Waals surface area contributed by atoms with E-state index in [1.165, 1.54) is 11.1 Å². The van der Waals surface area contributed by atoms with Crippen LogP contribution in [0.2, 0.25) is 0 Å². The highest BCUT2D eigenvalue weighted by Gasteiger charge is 2.12. The van der Waals surface area contributed by atoms with Gasteiger partial charge in [0.2, 0.25) is 0 Å². The average Bonchev–Trinajstić information content (AvgIpc) is 2.14. The molecule has 0 aliphatic rings. The Balaban J connectivity index is 2.79. The first-order chi connectivity index (χ1) is 6.92. The highest BCUT2D eigenvalue weighted by molar-refractivity contribution is 5.37. The first-order valence-corrected chi connectivity index (χ1v) is 5.35. The molecule has 15 heavy (non-hydrogen) atoms. The maximum Gasteiger partial charge on any atom is 0.122 e. The van der Waals surface area contributed by atoms with Crippen molar-refractivity contribution >= 4 is 0 Å². The third kappa shape index (κ3) is 3.92. The van der Waals surface area contributed by atoms with Gasteiger partial charge in [-0.05, 0) is 45.2 Å². The van der Waals surface area contributed by atoms with E-state index in [1.54, 1.807) is 7.11 Å². The Morgan fingerprint density at radius 1 is 1.33 bits per heavy atom. The van der Waals surface area contributed by atoms with Crippen molar-refractivity contribution < 1.29 is 4.74 Å². The highest BCUT2D eigenvalue weighted by Crippen LogP contribution is 2.22. The van der Waals surface area contributed by atoms with Gasteiger partial charge in [0.25, 0.3) is 0 Å². The van der Waals surface area contributed by atoms with Crippen LogP contribution in [0.1, 0.15) is 31.4 Å². The molecule has 0 fully saturated rings. The van der Waals surface area contributed by atoms with E-state index in [2.05, 4.69) is 32.9 Å². The van der Waals surface area contributed by atoms with Gasteiger partial charge in [0.1, 0.15) is 5.75 Å². The second kappa shape index (κ2) is 4.67. The van der Waals surface area contributed by atoms with Crippen molar-refractivity contribution in [3.8, 4) is 5.75 Å². The zero-order valence-corrected chi connectivity index (χ0v) is 10.1. The van der Waals surface area contributed by atoms with Gasteiger partial charge >= 0.3 is 0 Å². The summed E-state index contributed by atoms with van der Waals surface area (Å²) in [5.41, 5.74) is 8.37. The lowest BCUT2D eigenvalue weighted by molar-refractivity contribution is 0.404. The largest absolute Gasteiger partial charge is 0.496 e. The highest BCUT2D eigenvalue weighted by atomic mass is 16.5. The van der Waals surface area contributed by atoms with Gasteiger partial charge in [-0.15, -0.1) is 0 Å². The maximum absolute atomic E-state index is 5.97. The minimum absolute atomic E-state index is 0.116. The van der Waals surface area contributed by atoms with Crippen molar-refractivity contribution in [3.63, 3.8) is 0 Å². The summed E-state index contributed by atoms with van der Waals surface area (Å²) in [6.45, 7) is 6.20. The number of ether oxygens (including phenoxy) is 1. The molecule has 0 unspecified atom stereocenters. The van der Waals surface area contributed by atoms with E-state index in [0.29, 0.717) is 0 Å². The van der Waals surface area contributed by atoms with Gasteiger partial charge in [-0.25, -0.2) is 0 Å². The van der Waals surface area contributed by atoms with E-state index in [4.69, 9.17) is 10.5 Å². The molecule has 0 saturated heterocycles. The zero-order valence-electron chi connectivity index (χ0n) is 10.1. The predicted molar refractivity (Wildman–Crippen MR) is 64.3 cm³/mol. The lowest BCUT2D eigenvalue weighted by atomic mass is 9.95. The normalized spacial score (nSPS) is 11.5. The van der Waals surface area contributed by atoms with Crippen molar-refractivity contribution in [2.24, 2.45) is 5.73 Å². The Bertz CT molecular complexity index is 326. The summed E-state index contributed by atoms with van der Waals surface area (Å²) in [5, 5.41) is 0. The van der Waals surface area contributed by atoms with E-state index in [-0.39, 0.29) is 5.54 Å². The van der Waals surface area contributed by atoms with E-state index >= 15 is 0 Å². The standard InChI is InChI=1S/C13H21NO/c1-10-5-6-12(15-4)11(9-10)7-8-13(2,3)14/h5-6,9H,7-8,14H2,1-4H3. The summed E-state index contributed by atoms with van der Waals surface area (Å²) in [7, 11) is 1.71. The SMILES string of the molecule is COc1ccc(C)cc1CCC(C)(C)N. The van der Waals surface area contributed by atoms with Crippen LogP contribution in [0.4, 0.5) is 0 Å². The molecule has 0 bridgehead atoms. The number of nitrogens with two attached hydrogens (primary N) is 1. The van der Waals surface area contributed by atoms with Gasteiger partial charge < -0.3 is 10.5 Å². The molecule has 1 rings (SSSR count). The van der Waals surface area contributed by atoms with Crippen molar-refractivity contribution in [3.05, 3.63) is 29.3 Å². The minimum Gasteiger partial charge on any atom is -0.496 e. The molecule has 2 N–H and O–H groups in total. The van der Waals surface area contributed by atoms with Crippen molar-refractivity contribution in [1.29, 1.82) is 0 Å². The first-order valence-electron chi connectivity index (χ1n) is 5.35. The molecule has 84 valence electrons. The Morgan fingerprint density at radius 2 is 2.00 bits per heavy atom. The van der Waals surface area contributed by atoms with E-state index in [0.717, 1.165) is 18.6 Å². The van der Waals surface area contributed by atoms with Crippen molar-refractivity contribution in [2.75, 3.05) is 7.11 Å². The minimum atomic E-state index is -0.116. The van der Waals surface area contributed by atoms with Crippen LogP contribution < -0.4 is 10.5 Å². The summed E-state index contributed by atoms with van der Waals surface area (Å²) in [6, 6.07) is 6.26. The van der Waals surface area contributed by atoms with Crippen LogP contribution in [0.25, 0.3) is 0 Å². The Hall–Kier alpha value is -1.02. The fourth-order valence-electron chi connectivity index (χ4n) is 1.56. The first kappa shape index (κ1) is 12.1. The summed E-state index contributed by atoms with van der Waals surface area (Å²) in [4.78, 5) is 0. The molecule has 0 amide bonds. The van der Waals surface area contributed by atoms with Crippen LogP contribution in [0.15, 0.2) is 18.2 Å². The molecule has 0 saturated carbocycles. The van der Waals surface area contributed by atoms with E-state index in [9.17, 15) is 0 Å². The molecular weight excluding hydrogens is 186 g/mol. The van der Waals surface area contributed by atoms with Crippen LogP contribution in [-0.4, -0.2) is 12.6 Å². The lowest BCUT2D eigenvalue weighted by Crippen LogP contribution is -2.32. The molecule has 0 aliphatic heterocycles. The number of aryl methyl sites for hydroxylation is 2. The number of benzene rings is 1. The van der Waals surface area contributed by atoms with Crippen molar-refractivity contribution in [2.45, 2.75) is 39.2 Å². The Kier molecular flexibility index (Phi) is 3.75. The zero-order chi connectivity index (χ0) is 11.5. The van der Waals surface area contributed by atoms with Gasteiger partial charge in [0, 0.05) is 5.54 Å². The number of rotatable bonds is 4. The average molecular weight is 207 g/mol. The summed E-state index contributed by atoms with van der Waals surface area (Å²) >= 11 is 0. The summed E-state index contributed by atoms with van der Waals surface area (Å²) in [6.07, 6.45) is 1.93. The maximum atomic E-state index is 5.97. The third-order valence-corrected chi connectivity index (χ3v) is 2.47. The van der Waals surface area contributed by atoms with Gasteiger partial charge in [-0.3, -0.25) is 0 Å². The number of hydrogen-bond donors (Lipinski definition) is 1. The molecule has 2 heteroatoms. The predicted octanol–water partition coefficient (Wildman–Crippen LogP) is 2.67. The van der Waals surface area contributed by atoms with Gasteiger partial charge in [0.05, 0.1) is 7.11 Å². The van der Waals surface area contributed by atoms with Gasteiger partial charge in [0.15, 0.2) is 0 Å². The molecule has 0 aromatic heterocycles. The molecule has 1 aromatic rings. The number of methoxy groups -OCH3 is 1. The fraction of sp³-hybridized carbons (Fsp3) is 0.538. The summed E-state index contributed by atoms with van der Waals surface area (Å²) < 4.78 is 5.32. The summed E-state index contributed by atoms with van der Waals surface area (Å²) in [5.74, 6) is 0.963. The Morgan fingerprint density at radius 3 is 2.53 bits per heavy atom. The molecule has 0 radical (unpaired) electrons. The topological polar surface area (TPSA) is 35.2 Å². The second-order valence-electron chi connectivity index (χ2n) is 4.80. The van der Waals surface area contributed by atoms with Crippen molar-refractivity contribution in [1.82, 2.24) is 0 Å². The lowest BCUT2D eigenvalue weighted by Gasteiger charge is -2.19.